The fourth-order valence-electron chi connectivity index (χ4n) is 1.86. The van der Waals surface area contributed by atoms with Gasteiger partial charge in [0.05, 0.1) is 11.5 Å². The molecule has 5 heteroatoms. The van der Waals surface area contributed by atoms with Gasteiger partial charge >= 0.3 is 0 Å². The Morgan fingerprint density at radius 2 is 2.29 bits per heavy atom. The molecule has 0 saturated carbocycles. The number of nitrogens with two attached hydrogens (primary N) is 1. The van der Waals surface area contributed by atoms with E-state index in [-0.39, 0.29) is 17.7 Å². The summed E-state index contributed by atoms with van der Waals surface area (Å²) in [5.74, 6) is 0.758. The van der Waals surface area contributed by atoms with Crippen molar-refractivity contribution in [3.63, 3.8) is 0 Å². The predicted molar refractivity (Wildman–Crippen MR) is 55.8 cm³/mol. The van der Waals surface area contributed by atoms with Gasteiger partial charge in [-0.15, -0.1) is 0 Å². The van der Waals surface area contributed by atoms with Gasteiger partial charge in [0.15, 0.2) is 9.84 Å². The van der Waals surface area contributed by atoms with Gasteiger partial charge in [0.25, 0.3) is 0 Å². The lowest BCUT2D eigenvalue weighted by Gasteiger charge is -2.17. The number of hydrogen-bond acceptors (Lipinski definition) is 4. The second-order valence-corrected chi connectivity index (χ2v) is 6.19. The van der Waals surface area contributed by atoms with E-state index >= 15 is 0 Å². The van der Waals surface area contributed by atoms with Gasteiger partial charge in [-0.2, -0.15) is 0 Å². The topological polar surface area (TPSA) is 69.4 Å². The standard InChI is InChI=1S/C9H19NO3S/c1-13-5-2-3-9(10)8-4-6-14(11,12)7-8/h8-9H,2-7,10H2,1H3. The summed E-state index contributed by atoms with van der Waals surface area (Å²) in [6, 6.07) is 0.0161. The largest absolute Gasteiger partial charge is 0.385 e. The molecule has 2 N–H and O–H groups in total. The maximum atomic E-state index is 11.2. The van der Waals surface area contributed by atoms with E-state index in [0.717, 1.165) is 19.3 Å². The van der Waals surface area contributed by atoms with Crippen LogP contribution in [0, 0.1) is 5.92 Å². The Morgan fingerprint density at radius 1 is 1.57 bits per heavy atom. The van der Waals surface area contributed by atoms with Gasteiger partial charge in [-0.3, -0.25) is 0 Å². The molecule has 1 heterocycles. The first-order chi connectivity index (χ1) is 6.55. The Balaban J connectivity index is 2.29. The molecule has 0 spiro atoms. The number of sulfone groups is 1. The van der Waals surface area contributed by atoms with Crippen LogP contribution in [0.5, 0.6) is 0 Å². The Labute approximate surface area is 85.7 Å². The molecule has 0 radical (unpaired) electrons. The van der Waals surface area contributed by atoms with Gasteiger partial charge in [0.2, 0.25) is 0 Å². The fraction of sp³-hybridized carbons (Fsp3) is 1.00. The van der Waals surface area contributed by atoms with Crippen molar-refractivity contribution < 1.29 is 13.2 Å². The van der Waals surface area contributed by atoms with E-state index in [1.807, 2.05) is 0 Å². The van der Waals surface area contributed by atoms with Gasteiger partial charge < -0.3 is 10.5 Å². The molecule has 2 unspecified atom stereocenters. The zero-order chi connectivity index (χ0) is 10.6. The SMILES string of the molecule is COCCCC(N)C1CCS(=O)(=O)C1. The maximum Gasteiger partial charge on any atom is 0.150 e. The van der Waals surface area contributed by atoms with Crippen molar-refractivity contribution in [2.45, 2.75) is 25.3 Å². The van der Waals surface area contributed by atoms with Gasteiger partial charge in [0.1, 0.15) is 0 Å². The van der Waals surface area contributed by atoms with Crippen LogP contribution >= 0.6 is 0 Å². The van der Waals surface area contributed by atoms with Gasteiger partial charge in [-0.05, 0) is 25.2 Å². The second-order valence-electron chi connectivity index (χ2n) is 3.96. The minimum absolute atomic E-state index is 0.0161. The van der Waals surface area contributed by atoms with E-state index in [4.69, 9.17) is 10.5 Å². The molecule has 0 bridgehead atoms. The molecule has 0 aromatic carbocycles. The molecule has 84 valence electrons. The normalized spacial score (nSPS) is 27.7. The minimum atomic E-state index is -2.78. The molecule has 1 saturated heterocycles. The van der Waals surface area contributed by atoms with E-state index in [1.54, 1.807) is 7.11 Å². The highest BCUT2D eigenvalue weighted by atomic mass is 32.2. The van der Waals surface area contributed by atoms with Gasteiger partial charge in [0, 0.05) is 19.8 Å². The summed E-state index contributed by atoms with van der Waals surface area (Å²) < 4.78 is 27.3. The monoisotopic (exact) mass is 221 g/mol. The molecule has 0 aromatic rings. The average molecular weight is 221 g/mol. The van der Waals surface area contributed by atoms with Crippen LogP contribution in [-0.4, -0.2) is 39.7 Å². The van der Waals surface area contributed by atoms with Crippen molar-refractivity contribution in [2.75, 3.05) is 25.2 Å². The Morgan fingerprint density at radius 3 is 2.79 bits per heavy atom. The molecule has 0 amide bonds. The van der Waals surface area contributed by atoms with Crippen LogP contribution in [0.25, 0.3) is 0 Å². The van der Waals surface area contributed by atoms with E-state index in [9.17, 15) is 8.42 Å². The maximum absolute atomic E-state index is 11.2. The van der Waals surface area contributed by atoms with Gasteiger partial charge in [-0.25, -0.2) is 8.42 Å². The molecule has 4 nitrogen and oxygen atoms in total. The number of ether oxygens (including phenoxy) is 1. The third-order valence-electron chi connectivity index (χ3n) is 2.76. The summed E-state index contributed by atoms with van der Waals surface area (Å²) in [6.45, 7) is 0.702. The number of rotatable bonds is 5. The fourth-order valence-corrected chi connectivity index (χ4v) is 3.76. The summed E-state index contributed by atoms with van der Waals surface area (Å²) >= 11 is 0. The molecular formula is C9H19NO3S. The molecule has 1 fully saturated rings. The zero-order valence-corrected chi connectivity index (χ0v) is 9.42. The van der Waals surface area contributed by atoms with Crippen LogP contribution in [-0.2, 0) is 14.6 Å². The first kappa shape index (κ1) is 11.9. The van der Waals surface area contributed by atoms with Gasteiger partial charge in [-0.1, -0.05) is 0 Å². The third kappa shape index (κ3) is 3.55. The van der Waals surface area contributed by atoms with Crippen LogP contribution in [0.3, 0.4) is 0 Å². The van der Waals surface area contributed by atoms with Crippen molar-refractivity contribution in [1.82, 2.24) is 0 Å². The lowest BCUT2D eigenvalue weighted by molar-refractivity contribution is 0.188. The van der Waals surface area contributed by atoms with Crippen LogP contribution in [0.2, 0.25) is 0 Å². The van der Waals surface area contributed by atoms with E-state index in [1.165, 1.54) is 0 Å². The molecule has 1 rings (SSSR count). The summed E-state index contributed by atoms with van der Waals surface area (Å²) in [6.07, 6.45) is 2.50. The first-order valence-electron chi connectivity index (χ1n) is 5.00. The predicted octanol–water partition coefficient (Wildman–Crippen LogP) is 0.175. The third-order valence-corrected chi connectivity index (χ3v) is 4.55. The average Bonchev–Trinajstić information content (AvgIpc) is 2.46. The summed E-state index contributed by atoms with van der Waals surface area (Å²) in [5, 5.41) is 0. The Bertz CT molecular complexity index is 263. The smallest absolute Gasteiger partial charge is 0.150 e. The molecule has 1 aliphatic rings. The Hall–Kier alpha value is -0.130. The van der Waals surface area contributed by atoms with Crippen LogP contribution in [0.15, 0.2) is 0 Å². The van der Waals surface area contributed by atoms with E-state index < -0.39 is 9.84 Å². The summed E-state index contributed by atoms with van der Waals surface area (Å²) in [4.78, 5) is 0. The highest BCUT2D eigenvalue weighted by Gasteiger charge is 2.31. The number of hydrogen-bond donors (Lipinski definition) is 1. The van der Waals surface area contributed by atoms with Crippen LogP contribution < -0.4 is 5.73 Å². The zero-order valence-electron chi connectivity index (χ0n) is 8.61. The quantitative estimate of drug-likeness (QED) is 0.672. The van der Waals surface area contributed by atoms with Crippen molar-refractivity contribution in [1.29, 1.82) is 0 Å². The first-order valence-corrected chi connectivity index (χ1v) is 6.82. The van der Waals surface area contributed by atoms with Crippen molar-refractivity contribution in [2.24, 2.45) is 11.7 Å². The Kier molecular flexibility index (Phi) is 4.34. The molecule has 1 aliphatic heterocycles. The molecule has 0 aliphatic carbocycles. The van der Waals surface area contributed by atoms with Crippen molar-refractivity contribution in [3.05, 3.63) is 0 Å². The van der Waals surface area contributed by atoms with Crippen molar-refractivity contribution >= 4 is 9.84 Å². The highest BCUT2D eigenvalue weighted by Crippen LogP contribution is 2.22. The van der Waals surface area contributed by atoms with Crippen molar-refractivity contribution in [3.8, 4) is 0 Å². The van der Waals surface area contributed by atoms with Crippen LogP contribution in [0.4, 0.5) is 0 Å². The van der Waals surface area contributed by atoms with E-state index in [2.05, 4.69) is 0 Å². The minimum Gasteiger partial charge on any atom is -0.385 e. The second kappa shape index (κ2) is 5.09. The van der Waals surface area contributed by atoms with E-state index in [0.29, 0.717) is 12.4 Å². The molecule has 14 heavy (non-hydrogen) atoms. The summed E-state index contributed by atoms with van der Waals surface area (Å²) in [5.41, 5.74) is 5.92. The number of methoxy groups -OCH3 is 1. The summed E-state index contributed by atoms with van der Waals surface area (Å²) in [7, 11) is -1.12. The molecular weight excluding hydrogens is 202 g/mol. The molecule has 0 aromatic heterocycles. The van der Waals surface area contributed by atoms with Crippen LogP contribution in [0.1, 0.15) is 19.3 Å². The highest BCUT2D eigenvalue weighted by molar-refractivity contribution is 7.91. The lowest BCUT2D eigenvalue weighted by atomic mass is 9.96. The lowest BCUT2D eigenvalue weighted by Crippen LogP contribution is -2.31. The molecule has 2 atom stereocenters.